The van der Waals surface area contributed by atoms with Gasteiger partial charge in [-0.3, -0.25) is 10.1 Å². The summed E-state index contributed by atoms with van der Waals surface area (Å²) in [6.07, 6.45) is 4.61. The van der Waals surface area contributed by atoms with E-state index >= 15 is 0 Å². The summed E-state index contributed by atoms with van der Waals surface area (Å²) in [5, 5.41) is 22.2. The number of ether oxygens (including phenoxy) is 2. The fraction of sp³-hybridized carbons (Fsp3) is 0.118. The first-order chi connectivity index (χ1) is 12.7. The molecule has 26 heavy (non-hydrogen) atoms. The number of nitrogens with zero attached hydrogens (tertiary/aromatic N) is 5. The van der Waals surface area contributed by atoms with Crippen molar-refractivity contribution in [1.82, 2.24) is 14.9 Å². The zero-order valence-corrected chi connectivity index (χ0v) is 13.8. The molecule has 1 heterocycles. The molecule has 9 nitrogen and oxygen atoms in total. The number of hydrogen-bond acceptors (Lipinski definition) is 7. The summed E-state index contributed by atoms with van der Waals surface area (Å²) in [6.45, 7) is 0.266. The molecule has 0 N–H and O–H groups in total. The summed E-state index contributed by atoms with van der Waals surface area (Å²) in [5.41, 5.74) is 1.68. The minimum Gasteiger partial charge on any atom is -0.493 e. The monoisotopic (exact) mass is 353 g/mol. The molecule has 0 saturated carbocycles. The topological polar surface area (TPSA) is 105 Å². The molecule has 0 atom stereocenters. The van der Waals surface area contributed by atoms with Crippen LogP contribution in [0.1, 0.15) is 11.1 Å². The molecule has 0 aliphatic heterocycles. The summed E-state index contributed by atoms with van der Waals surface area (Å²) in [5.74, 6) is 1.12. The Balaban J connectivity index is 1.68. The number of aromatic nitrogens is 3. The Bertz CT molecular complexity index is 907. The van der Waals surface area contributed by atoms with Crippen LogP contribution in [0.3, 0.4) is 0 Å². The summed E-state index contributed by atoms with van der Waals surface area (Å²) < 4.78 is 12.6. The van der Waals surface area contributed by atoms with Crippen LogP contribution in [0, 0.1) is 10.1 Å². The molecular formula is C17H15N5O4. The highest BCUT2D eigenvalue weighted by Gasteiger charge is 2.07. The fourth-order valence-corrected chi connectivity index (χ4v) is 2.15. The van der Waals surface area contributed by atoms with Crippen molar-refractivity contribution in [2.45, 2.75) is 6.61 Å². The van der Waals surface area contributed by atoms with Crippen molar-refractivity contribution < 1.29 is 14.4 Å². The zero-order valence-electron chi connectivity index (χ0n) is 13.8. The van der Waals surface area contributed by atoms with Gasteiger partial charge >= 0.3 is 0 Å². The second-order valence-corrected chi connectivity index (χ2v) is 5.21. The molecular weight excluding hydrogens is 338 g/mol. The van der Waals surface area contributed by atoms with Crippen LogP contribution in [-0.4, -0.2) is 33.1 Å². The van der Waals surface area contributed by atoms with Gasteiger partial charge in [0.05, 0.1) is 18.2 Å². The summed E-state index contributed by atoms with van der Waals surface area (Å²) >= 11 is 0. The zero-order chi connectivity index (χ0) is 18.4. The van der Waals surface area contributed by atoms with E-state index in [1.54, 1.807) is 37.6 Å². The maximum Gasteiger partial charge on any atom is 0.269 e. The maximum absolute atomic E-state index is 10.7. The molecule has 0 bridgehead atoms. The summed E-state index contributed by atoms with van der Waals surface area (Å²) in [6, 6.07) is 11.6. The van der Waals surface area contributed by atoms with Gasteiger partial charge in [0.15, 0.2) is 11.5 Å². The first kappa shape index (κ1) is 17.1. The fourth-order valence-electron chi connectivity index (χ4n) is 2.15. The number of rotatable bonds is 7. The van der Waals surface area contributed by atoms with Crippen LogP contribution < -0.4 is 9.47 Å². The Morgan fingerprint density at radius 3 is 2.54 bits per heavy atom. The Kier molecular flexibility index (Phi) is 5.18. The first-order valence-electron chi connectivity index (χ1n) is 7.59. The van der Waals surface area contributed by atoms with Crippen LogP contribution >= 0.6 is 0 Å². The van der Waals surface area contributed by atoms with Crippen LogP contribution in [0.15, 0.2) is 60.2 Å². The number of methoxy groups -OCH3 is 1. The molecule has 9 heteroatoms. The van der Waals surface area contributed by atoms with Gasteiger partial charge in [0.1, 0.15) is 19.3 Å². The predicted molar refractivity (Wildman–Crippen MR) is 93.4 cm³/mol. The lowest BCUT2D eigenvalue weighted by atomic mass is 10.2. The number of nitro benzene ring substituents is 1. The van der Waals surface area contributed by atoms with E-state index in [1.165, 1.54) is 29.5 Å². The minimum atomic E-state index is -0.437. The standard InChI is InChI=1S/C17H15N5O4/c1-25-17-8-14(9-20-21-11-18-19-12-21)4-7-16(17)26-10-13-2-5-15(6-3-13)22(23)24/h2-9,11-12H,10H2,1H3/b20-9-. The van der Waals surface area contributed by atoms with Gasteiger partial charge in [-0.1, -0.05) is 0 Å². The van der Waals surface area contributed by atoms with Gasteiger partial charge in [-0.2, -0.15) is 5.10 Å². The van der Waals surface area contributed by atoms with Crippen LogP contribution in [-0.2, 0) is 6.61 Å². The molecule has 0 spiro atoms. The van der Waals surface area contributed by atoms with Crippen molar-refractivity contribution in [3.05, 3.63) is 76.4 Å². The Hall–Kier alpha value is -3.75. The van der Waals surface area contributed by atoms with Gasteiger partial charge in [-0.15, -0.1) is 10.2 Å². The van der Waals surface area contributed by atoms with Crippen molar-refractivity contribution in [3.8, 4) is 11.5 Å². The normalized spacial score (nSPS) is 10.8. The number of nitro groups is 1. The van der Waals surface area contributed by atoms with Gasteiger partial charge in [0.25, 0.3) is 5.69 Å². The van der Waals surface area contributed by atoms with Gasteiger partial charge in [0.2, 0.25) is 0 Å². The molecule has 0 saturated heterocycles. The first-order valence-corrected chi connectivity index (χ1v) is 7.59. The molecule has 0 aliphatic rings. The van der Waals surface area contributed by atoms with E-state index in [1.807, 2.05) is 6.07 Å². The second kappa shape index (κ2) is 7.88. The molecule has 132 valence electrons. The van der Waals surface area contributed by atoms with E-state index in [4.69, 9.17) is 9.47 Å². The van der Waals surface area contributed by atoms with Gasteiger partial charge < -0.3 is 9.47 Å². The van der Waals surface area contributed by atoms with Crippen LogP contribution in [0.4, 0.5) is 5.69 Å². The van der Waals surface area contributed by atoms with E-state index in [0.717, 1.165) is 11.1 Å². The van der Waals surface area contributed by atoms with Gasteiger partial charge in [-0.05, 0) is 41.5 Å². The SMILES string of the molecule is COc1cc(/C=N\n2cnnc2)ccc1OCc1ccc([N+](=O)[O-])cc1. The van der Waals surface area contributed by atoms with Gasteiger partial charge in [0, 0.05) is 12.1 Å². The molecule has 0 aliphatic carbocycles. The van der Waals surface area contributed by atoms with E-state index in [9.17, 15) is 10.1 Å². The number of non-ortho nitro benzene ring substituents is 1. The lowest BCUT2D eigenvalue weighted by molar-refractivity contribution is -0.384. The third-order valence-corrected chi connectivity index (χ3v) is 3.48. The highest BCUT2D eigenvalue weighted by Crippen LogP contribution is 2.28. The molecule has 0 fully saturated rings. The Morgan fingerprint density at radius 1 is 1.15 bits per heavy atom. The quantitative estimate of drug-likeness (QED) is 0.367. The van der Waals surface area contributed by atoms with E-state index < -0.39 is 4.92 Å². The molecule has 0 unspecified atom stereocenters. The van der Waals surface area contributed by atoms with E-state index in [-0.39, 0.29) is 12.3 Å². The highest BCUT2D eigenvalue weighted by atomic mass is 16.6. The molecule has 0 amide bonds. The third-order valence-electron chi connectivity index (χ3n) is 3.48. The number of hydrogen-bond donors (Lipinski definition) is 0. The maximum atomic E-state index is 10.7. The second-order valence-electron chi connectivity index (χ2n) is 5.21. The largest absolute Gasteiger partial charge is 0.493 e. The van der Waals surface area contributed by atoms with E-state index in [2.05, 4.69) is 15.3 Å². The van der Waals surface area contributed by atoms with Crippen molar-refractivity contribution in [2.75, 3.05) is 7.11 Å². The van der Waals surface area contributed by atoms with E-state index in [0.29, 0.717) is 11.5 Å². The third kappa shape index (κ3) is 4.20. The summed E-state index contributed by atoms with van der Waals surface area (Å²) in [4.78, 5) is 10.2. The Morgan fingerprint density at radius 2 is 1.88 bits per heavy atom. The molecule has 1 aromatic heterocycles. The molecule has 3 aromatic rings. The van der Waals surface area contributed by atoms with Crippen molar-refractivity contribution >= 4 is 11.9 Å². The highest BCUT2D eigenvalue weighted by molar-refractivity contribution is 5.80. The lowest BCUT2D eigenvalue weighted by Gasteiger charge is -2.11. The predicted octanol–water partition coefficient (Wildman–Crippen LogP) is 2.66. The van der Waals surface area contributed by atoms with Crippen LogP contribution in [0.2, 0.25) is 0 Å². The van der Waals surface area contributed by atoms with Crippen molar-refractivity contribution in [2.24, 2.45) is 5.10 Å². The lowest BCUT2D eigenvalue weighted by Crippen LogP contribution is -1.99. The molecule has 2 aromatic carbocycles. The summed E-state index contributed by atoms with van der Waals surface area (Å²) in [7, 11) is 1.55. The molecule has 0 radical (unpaired) electrons. The Labute approximate surface area is 148 Å². The van der Waals surface area contributed by atoms with Crippen LogP contribution in [0.5, 0.6) is 11.5 Å². The van der Waals surface area contributed by atoms with Crippen molar-refractivity contribution in [1.29, 1.82) is 0 Å². The minimum absolute atomic E-state index is 0.0445. The van der Waals surface area contributed by atoms with Crippen LogP contribution in [0.25, 0.3) is 0 Å². The average molecular weight is 353 g/mol. The van der Waals surface area contributed by atoms with Gasteiger partial charge in [-0.25, -0.2) is 4.68 Å². The van der Waals surface area contributed by atoms with Crippen molar-refractivity contribution in [3.63, 3.8) is 0 Å². The average Bonchev–Trinajstić information content (AvgIpc) is 3.19. The molecule has 3 rings (SSSR count). The smallest absolute Gasteiger partial charge is 0.269 e. The number of benzene rings is 2.